The van der Waals surface area contributed by atoms with E-state index in [9.17, 15) is 0 Å². The van der Waals surface area contributed by atoms with Crippen LogP contribution in [0.5, 0.6) is 0 Å². The summed E-state index contributed by atoms with van der Waals surface area (Å²) in [6, 6.07) is 0. The fourth-order valence-electron chi connectivity index (χ4n) is 0. The molecule has 0 saturated carbocycles. The molecule has 0 aliphatic carbocycles. The Balaban J connectivity index is -0.0000000800. The summed E-state index contributed by atoms with van der Waals surface area (Å²) in [5, 5.41) is 8.36. The second-order valence-corrected chi connectivity index (χ2v) is 1.26. The van der Waals surface area contributed by atoms with Gasteiger partial charge in [-0.25, -0.2) is 0 Å². The van der Waals surface area contributed by atoms with Crippen molar-refractivity contribution in [3.05, 3.63) is 0 Å². The van der Waals surface area contributed by atoms with Crippen LogP contribution in [0.3, 0.4) is 0 Å². The van der Waals surface area contributed by atoms with Crippen molar-refractivity contribution in [2.75, 3.05) is 0 Å². The normalized spacial score (nSPS) is 10.7. The lowest BCUT2D eigenvalue weighted by Gasteiger charge is -1.90. The first kappa shape index (κ1) is 15.7. The molecule has 0 aromatic heterocycles. The van der Waals surface area contributed by atoms with E-state index < -0.39 is 0 Å². The highest BCUT2D eigenvalue weighted by Gasteiger charge is 1.81. The molecule has 0 amide bonds. The van der Waals surface area contributed by atoms with E-state index >= 15 is 0 Å². The molecule has 1 N–H and O–H groups in total. The zero-order valence-electron chi connectivity index (χ0n) is 3.73. The highest BCUT2D eigenvalue weighted by molar-refractivity contribution is 5.76. The Bertz CT molecular complexity index is 23.7. The molecule has 1 nitrogen and oxygen atoms in total. The van der Waals surface area contributed by atoms with Gasteiger partial charge in [-0.1, -0.05) is 6.92 Å². The lowest BCUT2D eigenvalue weighted by atomic mass is 10.3. The van der Waals surface area contributed by atoms with Crippen LogP contribution in [0.2, 0.25) is 0 Å². The van der Waals surface area contributed by atoms with Gasteiger partial charge >= 0.3 is 0 Å². The highest BCUT2D eigenvalue weighted by Crippen LogP contribution is 1.81. The third kappa shape index (κ3) is 19.4. The summed E-state index contributed by atoms with van der Waals surface area (Å²) in [6.07, 6.45) is 0.745. The van der Waals surface area contributed by atoms with Gasteiger partial charge in [-0.2, -0.15) is 0 Å². The smallest absolute Gasteiger partial charge is 0.187 e. The molecule has 0 rings (SSSR count). The monoisotopic (exact) mass is 134 g/mol. The third-order valence-electron chi connectivity index (χ3n) is 0.591. The molecule has 0 heterocycles. The maximum atomic E-state index is 8.36. The summed E-state index contributed by atoms with van der Waals surface area (Å²) < 4.78 is 0. The van der Waals surface area contributed by atoms with Crippen LogP contribution in [0, 0.1) is 0 Å². The summed E-state index contributed by atoms with van der Waals surface area (Å²) in [6.45, 7) is 3.73. The Hall–Kier alpha value is 1.02. The molecule has 0 spiro atoms. The Morgan fingerprint density at radius 1 is 1.43 bits per heavy atom. The molecular formula is C4H16Al2O. The van der Waals surface area contributed by atoms with Gasteiger partial charge in [0.25, 0.3) is 0 Å². The van der Waals surface area contributed by atoms with Gasteiger partial charge in [-0.3, -0.25) is 0 Å². The minimum atomic E-state index is -0.116. The van der Waals surface area contributed by atoms with E-state index in [1.54, 1.807) is 6.92 Å². The minimum Gasteiger partial charge on any atom is -0.393 e. The average molecular weight is 134 g/mol. The summed E-state index contributed by atoms with van der Waals surface area (Å²) in [5.41, 5.74) is 0. The van der Waals surface area contributed by atoms with E-state index in [0.29, 0.717) is 0 Å². The molecule has 44 valence electrons. The second kappa shape index (κ2) is 10.1. The van der Waals surface area contributed by atoms with Gasteiger partial charge in [-0.15, -0.1) is 0 Å². The van der Waals surface area contributed by atoms with E-state index in [2.05, 4.69) is 0 Å². The van der Waals surface area contributed by atoms with Gasteiger partial charge in [0.05, 0.1) is 6.10 Å². The lowest BCUT2D eigenvalue weighted by molar-refractivity contribution is 0.191. The summed E-state index contributed by atoms with van der Waals surface area (Å²) in [4.78, 5) is 0. The van der Waals surface area contributed by atoms with Crippen molar-refractivity contribution < 1.29 is 5.11 Å². The van der Waals surface area contributed by atoms with E-state index in [1.165, 1.54) is 0 Å². The molecule has 0 aromatic rings. The van der Waals surface area contributed by atoms with Crippen LogP contribution in [0.1, 0.15) is 20.3 Å². The molecule has 0 fully saturated rings. The highest BCUT2D eigenvalue weighted by atomic mass is 27.0. The average Bonchev–Trinajstić information content (AvgIpc) is 1.38. The standard InChI is InChI=1S/C4H10O.2Al.6H/c1-3-4(2)5;;;;;;;;/h4-5H,3H2,1-2H3;;;;;;;;. The first-order chi connectivity index (χ1) is 2.27. The van der Waals surface area contributed by atoms with Crippen molar-refractivity contribution in [3.8, 4) is 0 Å². The number of hydrogen-bond acceptors (Lipinski definition) is 1. The predicted molar refractivity (Wildman–Crippen MR) is 41.8 cm³/mol. The van der Waals surface area contributed by atoms with Crippen LogP contribution in [0.4, 0.5) is 0 Å². The molecule has 0 bridgehead atoms. The molecule has 0 aliphatic heterocycles. The molecule has 3 heteroatoms. The largest absolute Gasteiger partial charge is 0.393 e. The molecular weight excluding hydrogens is 118 g/mol. The van der Waals surface area contributed by atoms with Gasteiger partial charge in [0.2, 0.25) is 0 Å². The first-order valence-electron chi connectivity index (χ1n) is 1.95. The number of hydrogen-bond donors (Lipinski definition) is 1. The van der Waals surface area contributed by atoms with Gasteiger partial charge in [0.1, 0.15) is 0 Å². The minimum absolute atomic E-state index is 0. The van der Waals surface area contributed by atoms with Crippen molar-refractivity contribution in [3.63, 3.8) is 0 Å². The molecule has 0 radical (unpaired) electrons. The predicted octanol–water partition coefficient (Wildman–Crippen LogP) is -1.59. The molecule has 0 aromatic carbocycles. The summed E-state index contributed by atoms with van der Waals surface area (Å²) in [5.74, 6) is 0. The summed E-state index contributed by atoms with van der Waals surface area (Å²) in [7, 11) is 0. The fourth-order valence-corrected chi connectivity index (χ4v) is 0. The van der Waals surface area contributed by atoms with Crippen molar-refractivity contribution in [1.29, 1.82) is 0 Å². The molecule has 0 aliphatic rings. The maximum Gasteiger partial charge on any atom is 0.187 e. The van der Waals surface area contributed by atoms with Crippen LogP contribution < -0.4 is 0 Å². The van der Waals surface area contributed by atoms with Crippen LogP contribution in [-0.4, -0.2) is 45.9 Å². The number of rotatable bonds is 1. The zero-order chi connectivity index (χ0) is 4.28. The topological polar surface area (TPSA) is 20.2 Å². The summed E-state index contributed by atoms with van der Waals surface area (Å²) >= 11 is 0. The van der Waals surface area contributed by atoms with Crippen molar-refractivity contribution in [2.24, 2.45) is 0 Å². The molecule has 0 saturated heterocycles. The van der Waals surface area contributed by atoms with Crippen LogP contribution in [0.25, 0.3) is 0 Å². The SMILES string of the molecule is CCC(C)O.[AlH3].[AlH3]. The van der Waals surface area contributed by atoms with Gasteiger partial charge in [0, 0.05) is 0 Å². The van der Waals surface area contributed by atoms with Crippen LogP contribution in [0.15, 0.2) is 0 Å². The first-order valence-corrected chi connectivity index (χ1v) is 1.95. The fraction of sp³-hybridized carbons (Fsp3) is 1.00. The Labute approximate surface area is 66.4 Å². The van der Waals surface area contributed by atoms with E-state index in [0.717, 1.165) is 6.42 Å². The van der Waals surface area contributed by atoms with E-state index in [-0.39, 0.29) is 40.8 Å². The van der Waals surface area contributed by atoms with Gasteiger partial charge in [-0.05, 0) is 13.3 Å². The van der Waals surface area contributed by atoms with Crippen molar-refractivity contribution in [2.45, 2.75) is 26.4 Å². The number of aliphatic hydroxyl groups excluding tert-OH is 1. The van der Waals surface area contributed by atoms with E-state index in [4.69, 9.17) is 5.11 Å². The zero-order valence-corrected chi connectivity index (χ0v) is 3.73. The Morgan fingerprint density at radius 3 is 1.57 bits per heavy atom. The lowest BCUT2D eigenvalue weighted by Crippen LogP contribution is -1.93. The van der Waals surface area contributed by atoms with Crippen LogP contribution in [-0.2, 0) is 0 Å². The Morgan fingerprint density at radius 2 is 1.57 bits per heavy atom. The third-order valence-corrected chi connectivity index (χ3v) is 0.591. The molecule has 7 heavy (non-hydrogen) atoms. The quantitative estimate of drug-likeness (QED) is 0.429. The Kier molecular flexibility index (Phi) is 22.6. The van der Waals surface area contributed by atoms with Gasteiger partial charge < -0.3 is 5.11 Å². The van der Waals surface area contributed by atoms with Crippen molar-refractivity contribution >= 4 is 34.7 Å². The van der Waals surface area contributed by atoms with Gasteiger partial charge in [0.15, 0.2) is 34.7 Å². The number of aliphatic hydroxyl groups is 1. The van der Waals surface area contributed by atoms with Crippen LogP contribution >= 0.6 is 0 Å². The maximum absolute atomic E-state index is 8.36. The van der Waals surface area contributed by atoms with E-state index in [1.807, 2.05) is 6.92 Å². The van der Waals surface area contributed by atoms with Crippen molar-refractivity contribution in [1.82, 2.24) is 0 Å². The molecule has 1 unspecified atom stereocenters. The second-order valence-electron chi connectivity index (χ2n) is 1.26. The molecule has 1 atom stereocenters.